The number of hydrazone groups is 1. The van der Waals surface area contributed by atoms with Crippen LogP contribution in [0, 0.1) is 18.3 Å². The van der Waals surface area contributed by atoms with E-state index in [1.54, 1.807) is 30.5 Å². The third kappa shape index (κ3) is 4.66. The Morgan fingerprint density at radius 2 is 1.91 bits per heavy atom. The van der Waals surface area contributed by atoms with Crippen molar-refractivity contribution in [1.82, 2.24) is 4.98 Å². The number of anilines is 1. The number of aromatic nitrogens is 1. The summed E-state index contributed by atoms with van der Waals surface area (Å²) in [4.78, 5) is 17.9. The molecule has 32 heavy (non-hydrogen) atoms. The maximum absolute atomic E-state index is 13.3. The van der Waals surface area contributed by atoms with Crippen LogP contribution in [0.5, 0.6) is 5.75 Å². The lowest BCUT2D eigenvalue weighted by Crippen LogP contribution is -2.25. The van der Waals surface area contributed by atoms with Gasteiger partial charge in [0.2, 0.25) is 5.13 Å². The molecule has 0 N–H and O–H groups in total. The van der Waals surface area contributed by atoms with Crippen molar-refractivity contribution in [1.29, 1.82) is 5.26 Å². The Kier molecular flexibility index (Phi) is 6.24. The molecule has 158 valence electrons. The first kappa shape index (κ1) is 21.2. The highest BCUT2D eigenvalue weighted by atomic mass is 32.1. The van der Waals surface area contributed by atoms with Gasteiger partial charge in [0.15, 0.2) is 0 Å². The number of ether oxygens (including phenoxy) is 1. The topological polar surface area (TPSA) is 78.6 Å². The largest absolute Gasteiger partial charge is 0.494 e. The number of hydrogen-bond acceptors (Lipinski definition) is 6. The van der Waals surface area contributed by atoms with Crippen LogP contribution in [0.4, 0.5) is 5.13 Å². The first-order chi connectivity index (χ1) is 15.6. The Balaban J connectivity index is 1.70. The van der Waals surface area contributed by atoms with Crippen molar-refractivity contribution in [2.75, 3.05) is 11.6 Å². The Bertz CT molecular complexity index is 1320. The van der Waals surface area contributed by atoms with E-state index in [-0.39, 0.29) is 5.91 Å². The van der Waals surface area contributed by atoms with Crippen molar-refractivity contribution in [3.05, 3.63) is 89.0 Å². The predicted molar refractivity (Wildman–Crippen MR) is 128 cm³/mol. The van der Waals surface area contributed by atoms with E-state index in [1.165, 1.54) is 16.3 Å². The average Bonchev–Trinajstić information content (AvgIpc) is 3.23. The van der Waals surface area contributed by atoms with Gasteiger partial charge in [-0.25, -0.2) is 4.98 Å². The zero-order valence-electron chi connectivity index (χ0n) is 17.6. The smallest absolute Gasteiger partial charge is 0.280 e. The number of nitriles is 1. The summed E-state index contributed by atoms with van der Waals surface area (Å²) < 4.78 is 6.45. The van der Waals surface area contributed by atoms with E-state index in [1.807, 2.05) is 56.3 Å². The van der Waals surface area contributed by atoms with Crippen LogP contribution in [-0.4, -0.2) is 23.7 Å². The molecule has 0 aliphatic carbocycles. The van der Waals surface area contributed by atoms with Gasteiger partial charge in [0.25, 0.3) is 5.91 Å². The number of fused-ring (bicyclic) bond motifs is 1. The van der Waals surface area contributed by atoms with Crippen LogP contribution in [0.25, 0.3) is 10.2 Å². The lowest BCUT2D eigenvalue weighted by Gasteiger charge is -2.14. The van der Waals surface area contributed by atoms with Crippen LogP contribution < -0.4 is 9.75 Å². The first-order valence-electron chi connectivity index (χ1n) is 10.1. The number of carbonyl (C=O) groups excluding carboxylic acids is 1. The highest BCUT2D eigenvalue weighted by Crippen LogP contribution is 2.30. The van der Waals surface area contributed by atoms with Gasteiger partial charge in [-0.05, 0) is 85.6 Å². The maximum atomic E-state index is 13.3. The zero-order chi connectivity index (χ0) is 22.5. The molecule has 4 rings (SSSR count). The molecule has 1 aromatic heterocycles. The minimum atomic E-state index is -0.326. The highest BCUT2D eigenvalue weighted by Gasteiger charge is 2.21. The fraction of sp³-hybridized carbons (Fsp3) is 0.120. The van der Waals surface area contributed by atoms with Crippen molar-refractivity contribution >= 4 is 38.8 Å². The Morgan fingerprint density at radius 3 is 2.59 bits per heavy atom. The number of nitrogens with zero attached hydrogens (tertiary/aromatic N) is 4. The second-order valence-electron chi connectivity index (χ2n) is 7.02. The molecule has 7 heteroatoms. The molecular weight excluding hydrogens is 420 g/mol. The van der Waals surface area contributed by atoms with Gasteiger partial charge in [0, 0.05) is 5.56 Å². The van der Waals surface area contributed by atoms with Gasteiger partial charge in [0.05, 0.1) is 34.7 Å². The third-order valence-corrected chi connectivity index (χ3v) is 5.67. The van der Waals surface area contributed by atoms with Gasteiger partial charge in [-0.1, -0.05) is 17.4 Å². The van der Waals surface area contributed by atoms with Gasteiger partial charge >= 0.3 is 0 Å². The monoisotopic (exact) mass is 440 g/mol. The molecule has 0 aliphatic heterocycles. The van der Waals surface area contributed by atoms with Gasteiger partial charge in [-0.3, -0.25) is 4.79 Å². The fourth-order valence-electron chi connectivity index (χ4n) is 3.05. The lowest BCUT2D eigenvalue weighted by atomic mass is 10.1. The minimum Gasteiger partial charge on any atom is -0.494 e. The van der Waals surface area contributed by atoms with Gasteiger partial charge in [-0.2, -0.15) is 15.4 Å². The van der Waals surface area contributed by atoms with E-state index in [0.29, 0.717) is 22.9 Å². The van der Waals surface area contributed by atoms with E-state index in [4.69, 9.17) is 10.00 Å². The second-order valence-corrected chi connectivity index (χ2v) is 8.03. The zero-order valence-corrected chi connectivity index (χ0v) is 18.5. The molecule has 0 spiro atoms. The van der Waals surface area contributed by atoms with Crippen molar-refractivity contribution in [2.45, 2.75) is 13.8 Å². The molecular formula is C25H20N4O2S. The minimum absolute atomic E-state index is 0.326. The van der Waals surface area contributed by atoms with Crippen LogP contribution in [0.3, 0.4) is 0 Å². The molecule has 4 aromatic rings. The van der Waals surface area contributed by atoms with Crippen LogP contribution >= 0.6 is 11.3 Å². The summed E-state index contributed by atoms with van der Waals surface area (Å²) in [6.07, 6.45) is 1.62. The van der Waals surface area contributed by atoms with Crippen molar-refractivity contribution in [3.8, 4) is 11.8 Å². The second kappa shape index (κ2) is 9.41. The number of thiazole rings is 1. The molecule has 0 aliphatic rings. The molecule has 0 unspecified atom stereocenters. The Hall–Kier alpha value is -4.02. The highest BCUT2D eigenvalue weighted by molar-refractivity contribution is 7.22. The van der Waals surface area contributed by atoms with Gasteiger partial charge in [0.1, 0.15) is 5.75 Å². The molecule has 0 bridgehead atoms. The number of benzene rings is 3. The summed E-state index contributed by atoms with van der Waals surface area (Å²) in [5.41, 5.74) is 3.66. The molecule has 0 fully saturated rings. The summed E-state index contributed by atoms with van der Waals surface area (Å²) in [5, 5.41) is 15.3. The molecule has 1 heterocycles. The van der Waals surface area contributed by atoms with E-state index in [9.17, 15) is 4.79 Å². The number of rotatable bonds is 6. The molecule has 6 nitrogen and oxygen atoms in total. The summed E-state index contributed by atoms with van der Waals surface area (Å²) in [6.45, 7) is 4.54. The summed E-state index contributed by atoms with van der Waals surface area (Å²) in [7, 11) is 0. The van der Waals surface area contributed by atoms with Crippen molar-refractivity contribution in [3.63, 3.8) is 0 Å². The Morgan fingerprint density at radius 1 is 1.16 bits per heavy atom. The molecule has 3 aromatic carbocycles. The van der Waals surface area contributed by atoms with Crippen molar-refractivity contribution < 1.29 is 9.53 Å². The van der Waals surface area contributed by atoms with Gasteiger partial charge in [-0.15, -0.1) is 0 Å². The predicted octanol–water partition coefficient (Wildman–Crippen LogP) is 5.56. The molecule has 1 amide bonds. The first-order valence-corrected chi connectivity index (χ1v) is 10.9. The number of amides is 1. The summed E-state index contributed by atoms with van der Waals surface area (Å²) >= 11 is 1.40. The SMILES string of the molecule is CCOc1ccc(/C=N/N(C(=O)c2ccc(C#N)cc2)c2nc3ccc(C)cc3s2)cc1. The number of hydrogen-bond donors (Lipinski definition) is 0. The fourth-order valence-corrected chi connectivity index (χ4v) is 4.07. The van der Waals surface area contributed by atoms with Crippen LogP contribution in [-0.2, 0) is 0 Å². The Labute approximate surface area is 190 Å². The number of aryl methyl sites for hydroxylation is 1. The number of carbonyl (C=O) groups is 1. The van der Waals surface area contributed by atoms with E-state index < -0.39 is 0 Å². The third-order valence-electron chi connectivity index (χ3n) is 4.68. The maximum Gasteiger partial charge on any atom is 0.280 e. The molecule has 0 saturated carbocycles. The van der Waals surface area contributed by atoms with E-state index in [0.717, 1.165) is 27.1 Å². The van der Waals surface area contributed by atoms with Crippen LogP contribution in [0.15, 0.2) is 71.8 Å². The average molecular weight is 441 g/mol. The summed E-state index contributed by atoms with van der Waals surface area (Å²) in [6, 6.07) is 22.0. The van der Waals surface area contributed by atoms with Crippen molar-refractivity contribution in [2.24, 2.45) is 5.10 Å². The van der Waals surface area contributed by atoms with Gasteiger partial charge < -0.3 is 4.74 Å². The lowest BCUT2D eigenvalue weighted by molar-refractivity contribution is 0.0988. The van der Waals surface area contributed by atoms with E-state index >= 15 is 0 Å². The quantitative estimate of drug-likeness (QED) is 0.291. The summed E-state index contributed by atoms with van der Waals surface area (Å²) in [5.74, 6) is 0.448. The van der Waals surface area contributed by atoms with Crippen LogP contribution in [0.1, 0.15) is 34.0 Å². The molecule has 0 radical (unpaired) electrons. The molecule has 0 saturated heterocycles. The normalized spacial score (nSPS) is 10.9. The molecule has 0 atom stereocenters. The standard InChI is InChI=1S/C25H20N4O2S/c1-3-31-21-11-7-19(8-12-21)16-27-29(24(30)20-9-5-18(15-26)6-10-20)25-28-22-13-4-17(2)14-23(22)32-25/h4-14,16H,3H2,1-2H3/b27-16+. The van der Waals surface area contributed by atoms with E-state index in [2.05, 4.69) is 16.2 Å². The van der Waals surface area contributed by atoms with Crippen LogP contribution in [0.2, 0.25) is 0 Å².